The van der Waals surface area contributed by atoms with Gasteiger partial charge in [-0.1, -0.05) is 24.6 Å². The smallest absolute Gasteiger partial charge is 0.148 e. The molecule has 21 heavy (non-hydrogen) atoms. The van der Waals surface area contributed by atoms with Gasteiger partial charge in [-0.2, -0.15) is 0 Å². The Labute approximate surface area is 131 Å². The first-order chi connectivity index (χ1) is 10.0. The van der Waals surface area contributed by atoms with Crippen molar-refractivity contribution in [3.8, 4) is 11.5 Å². The van der Waals surface area contributed by atoms with Gasteiger partial charge in [-0.25, -0.2) is 0 Å². The number of halogens is 1. The molecular weight excluding hydrogens is 284 g/mol. The van der Waals surface area contributed by atoms with Gasteiger partial charge in [0, 0.05) is 16.8 Å². The van der Waals surface area contributed by atoms with E-state index in [0.29, 0.717) is 5.02 Å². The van der Waals surface area contributed by atoms with Crippen molar-refractivity contribution in [2.24, 2.45) is 0 Å². The molecule has 1 unspecified atom stereocenters. The highest BCUT2D eigenvalue weighted by molar-refractivity contribution is 6.31. The van der Waals surface area contributed by atoms with Crippen molar-refractivity contribution in [1.29, 1.82) is 0 Å². The zero-order valence-corrected chi connectivity index (χ0v) is 13.7. The molecule has 1 heterocycles. The monoisotopic (exact) mass is 304 g/mol. The summed E-state index contributed by atoms with van der Waals surface area (Å²) in [7, 11) is 1.91. The lowest BCUT2D eigenvalue weighted by molar-refractivity contribution is 0.472. The number of nitrogens with one attached hydrogen (secondary N) is 1. The topological polar surface area (TPSA) is 34.1 Å². The Bertz CT molecular complexity index is 628. The molecule has 0 amide bonds. The minimum atomic E-state index is 0.207. The van der Waals surface area contributed by atoms with Gasteiger partial charge in [0.05, 0.1) is 5.69 Å². The molecule has 0 aliphatic carbocycles. The van der Waals surface area contributed by atoms with Crippen LogP contribution in [0.3, 0.4) is 0 Å². The summed E-state index contributed by atoms with van der Waals surface area (Å²) in [6.45, 7) is 6.12. The number of ether oxygens (including phenoxy) is 1. The summed E-state index contributed by atoms with van der Waals surface area (Å²) in [5.74, 6) is 1.51. The first-order valence-corrected chi connectivity index (χ1v) is 7.54. The lowest BCUT2D eigenvalue weighted by atomic mass is 10.1. The summed E-state index contributed by atoms with van der Waals surface area (Å²) in [5.41, 5.74) is 3.01. The maximum Gasteiger partial charge on any atom is 0.148 e. The fourth-order valence-corrected chi connectivity index (χ4v) is 2.48. The standard InChI is InChI=1S/C17H21ClN2O/c1-5-16-17(9-6-11(2)20-16)21-13-7-8-14(12(3)19-4)15(18)10-13/h6-10,12,19H,5H2,1-4H3. The van der Waals surface area contributed by atoms with Crippen LogP contribution < -0.4 is 10.1 Å². The van der Waals surface area contributed by atoms with E-state index >= 15 is 0 Å². The molecule has 0 aliphatic heterocycles. The fourth-order valence-electron chi connectivity index (χ4n) is 2.15. The summed E-state index contributed by atoms with van der Waals surface area (Å²) < 4.78 is 5.94. The number of nitrogens with zero attached hydrogens (tertiary/aromatic N) is 1. The van der Waals surface area contributed by atoms with Crippen molar-refractivity contribution < 1.29 is 4.74 Å². The zero-order chi connectivity index (χ0) is 15.4. The molecule has 0 fully saturated rings. The Morgan fingerprint density at radius 2 is 2.05 bits per heavy atom. The molecule has 0 aliphatic rings. The SMILES string of the molecule is CCc1nc(C)ccc1Oc1ccc(C(C)NC)c(Cl)c1. The molecule has 1 aromatic heterocycles. The van der Waals surface area contributed by atoms with Crippen LogP contribution in [0.15, 0.2) is 30.3 Å². The van der Waals surface area contributed by atoms with Crippen LogP contribution in [0.25, 0.3) is 0 Å². The van der Waals surface area contributed by atoms with Crippen molar-refractivity contribution >= 4 is 11.6 Å². The van der Waals surface area contributed by atoms with Gasteiger partial charge >= 0.3 is 0 Å². The van der Waals surface area contributed by atoms with E-state index < -0.39 is 0 Å². The number of rotatable bonds is 5. The van der Waals surface area contributed by atoms with Gasteiger partial charge in [0.2, 0.25) is 0 Å². The van der Waals surface area contributed by atoms with Crippen LogP contribution in [-0.2, 0) is 6.42 Å². The molecule has 0 saturated carbocycles. The van der Waals surface area contributed by atoms with E-state index in [-0.39, 0.29) is 6.04 Å². The molecule has 3 nitrogen and oxygen atoms in total. The number of aryl methyl sites for hydroxylation is 2. The second-order valence-electron chi connectivity index (χ2n) is 5.05. The first kappa shape index (κ1) is 15.8. The normalized spacial score (nSPS) is 12.2. The largest absolute Gasteiger partial charge is 0.455 e. The van der Waals surface area contributed by atoms with Crippen LogP contribution in [0.1, 0.15) is 36.8 Å². The average Bonchev–Trinajstić information content (AvgIpc) is 2.48. The van der Waals surface area contributed by atoms with Crippen LogP contribution in [0, 0.1) is 6.92 Å². The molecule has 1 aromatic carbocycles. The zero-order valence-electron chi connectivity index (χ0n) is 12.9. The van der Waals surface area contributed by atoms with Gasteiger partial charge in [0.1, 0.15) is 11.5 Å². The molecule has 112 valence electrons. The van der Waals surface area contributed by atoms with Gasteiger partial charge in [-0.05, 0) is 57.1 Å². The van der Waals surface area contributed by atoms with Crippen LogP contribution in [0.4, 0.5) is 0 Å². The minimum absolute atomic E-state index is 0.207. The van der Waals surface area contributed by atoms with Crippen LogP contribution in [-0.4, -0.2) is 12.0 Å². The minimum Gasteiger partial charge on any atom is -0.455 e. The van der Waals surface area contributed by atoms with Gasteiger partial charge < -0.3 is 10.1 Å². The van der Waals surface area contributed by atoms with Gasteiger partial charge in [0.25, 0.3) is 0 Å². The number of benzene rings is 1. The third-order valence-electron chi connectivity index (χ3n) is 3.51. The molecule has 2 rings (SSSR count). The second-order valence-corrected chi connectivity index (χ2v) is 5.45. The molecule has 0 radical (unpaired) electrons. The molecule has 0 spiro atoms. The van der Waals surface area contributed by atoms with Crippen molar-refractivity contribution in [1.82, 2.24) is 10.3 Å². The van der Waals surface area contributed by atoms with Gasteiger partial charge in [0.15, 0.2) is 0 Å². The Morgan fingerprint density at radius 1 is 1.29 bits per heavy atom. The Morgan fingerprint density at radius 3 is 2.67 bits per heavy atom. The number of aromatic nitrogens is 1. The molecule has 1 N–H and O–H groups in total. The van der Waals surface area contributed by atoms with Gasteiger partial charge in [-0.3, -0.25) is 4.98 Å². The van der Waals surface area contributed by atoms with E-state index in [0.717, 1.165) is 34.9 Å². The molecule has 1 atom stereocenters. The molecule has 4 heteroatoms. The second kappa shape index (κ2) is 6.92. The number of hydrogen-bond donors (Lipinski definition) is 1. The maximum atomic E-state index is 6.33. The lowest BCUT2D eigenvalue weighted by Gasteiger charge is -2.15. The van der Waals surface area contributed by atoms with Crippen LogP contribution in [0.2, 0.25) is 5.02 Å². The Balaban J connectivity index is 2.26. The Kier molecular flexibility index (Phi) is 5.21. The highest BCUT2D eigenvalue weighted by atomic mass is 35.5. The summed E-state index contributed by atoms with van der Waals surface area (Å²) in [5, 5.41) is 3.88. The molecule has 0 saturated heterocycles. The van der Waals surface area contributed by atoms with Crippen molar-refractivity contribution in [2.45, 2.75) is 33.2 Å². The highest BCUT2D eigenvalue weighted by Crippen LogP contribution is 2.31. The number of pyridine rings is 1. The summed E-state index contributed by atoms with van der Waals surface area (Å²) in [6, 6.07) is 9.90. The van der Waals surface area contributed by atoms with Crippen molar-refractivity contribution in [2.75, 3.05) is 7.05 Å². The summed E-state index contributed by atoms with van der Waals surface area (Å²) in [6.07, 6.45) is 0.833. The first-order valence-electron chi connectivity index (χ1n) is 7.16. The van der Waals surface area contributed by atoms with E-state index in [1.54, 1.807) is 0 Å². The van der Waals surface area contributed by atoms with E-state index in [4.69, 9.17) is 16.3 Å². The quantitative estimate of drug-likeness (QED) is 0.871. The summed E-state index contributed by atoms with van der Waals surface area (Å²) in [4.78, 5) is 4.50. The maximum absolute atomic E-state index is 6.33. The Hall–Kier alpha value is -1.58. The molecule has 0 bridgehead atoms. The van der Waals surface area contributed by atoms with Crippen LogP contribution >= 0.6 is 11.6 Å². The predicted octanol–water partition coefficient (Wildman–Crippen LogP) is 4.68. The van der Waals surface area contributed by atoms with Crippen LogP contribution in [0.5, 0.6) is 11.5 Å². The van der Waals surface area contributed by atoms with Gasteiger partial charge in [-0.15, -0.1) is 0 Å². The third-order valence-corrected chi connectivity index (χ3v) is 3.83. The average molecular weight is 305 g/mol. The van der Waals surface area contributed by atoms with Crippen molar-refractivity contribution in [3.05, 3.63) is 52.3 Å². The van der Waals surface area contributed by atoms with E-state index in [1.165, 1.54) is 0 Å². The van der Waals surface area contributed by atoms with E-state index in [1.807, 2.05) is 44.3 Å². The van der Waals surface area contributed by atoms with E-state index in [9.17, 15) is 0 Å². The number of hydrogen-bond acceptors (Lipinski definition) is 3. The molecular formula is C17H21ClN2O. The lowest BCUT2D eigenvalue weighted by Crippen LogP contribution is -2.12. The fraction of sp³-hybridized carbons (Fsp3) is 0.353. The summed E-state index contributed by atoms with van der Waals surface area (Å²) >= 11 is 6.33. The highest BCUT2D eigenvalue weighted by Gasteiger charge is 2.10. The third kappa shape index (κ3) is 3.74. The van der Waals surface area contributed by atoms with Crippen molar-refractivity contribution in [3.63, 3.8) is 0 Å². The van der Waals surface area contributed by atoms with E-state index in [2.05, 4.69) is 24.1 Å². The predicted molar refractivity (Wildman–Crippen MR) is 87.4 cm³/mol. The molecule has 2 aromatic rings.